The quantitative estimate of drug-likeness (QED) is 0.264. The molecule has 27 heavy (non-hydrogen) atoms. The molecule has 0 radical (unpaired) electrons. The molecule has 0 bridgehead atoms. The summed E-state index contributed by atoms with van der Waals surface area (Å²) in [5.41, 5.74) is 1.34. The van der Waals surface area contributed by atoms with E-state index in [1.165, 1.54) is 12.0 Å². The third-order valence-electron chi connectivity index (χ3n) is 5.28. The van der Waals surface area contributed by atoms with Gasteiger partial charge in [-0.05, 0) is 58.4 Å². The van der Waals surface area contributed by atoms with Gasteiger partial charge in [0.2, 0.25) is 0 Å². The summed E-state index contributed by atoms with van der Waals surface area (Å²) in [5.74, 6) is 1.74. The van der Waals surface area contributed by atoms with E-state index in [0.717, 1.165) is 45.0 Å². The summed E-state index contributed by atoms with van der Waals surface area (Å²) < 4.78 is 1.89. The first-order valence-corrected chi connectivity index (χ1v) is 10.1. The molecule has 1 aromatic rings. The molecule has 1 aromatic heterocycles. The molecule has 6 nitrogen and oxygen atoms in total. The normalized spacial score (nSPS) is 17.9. The fourth-order valence-corrected chi connectivity index (χ4v) is 4.01. The van der Waals surface area contributed by atoms with Crippen LogP contribution in [0.15, 0.2) is 17.4 Å². The number of likely N-dealkylation sites (tertiary alicyclic amines) is 1. The highest BCUT2D eigenvalue weighted by atomic mass is 127. The van der Waals surface area contributed by atoms with Gasteiger partial charge in [0.15, 0.2) is 5.96 Å². The summed E-state index contributed by atoms with van der Waals surface area (Å²) in [4.78, 5) is 9.46. The van der Waals surface area contributed by atoms with Gasteiger partial charge < -0.3 is 10.2 Å². The summed E-state index contributed by atoms with van der Waals surface area (Å²) in [6, 6.07) is 1.20. The summed E-state index contributed by atoms with van der Waals surface area (Å²) >= 11 is 0. The lowest BCUT2D eigenvalue weighted by Crippen LogP contribution is -2.42. The van der Waals surface area contributed by atoms with E-state index in [0.29, 0.717) is 18.0 Å². The van der Waals surface area contributed by atoms with Gasteiger partial charge in [-0.25, -0.2) is 0 Å². The first kappa shape index (κ1) is 24.2. The Balaban J connectivity index is 0.00000364. The Morgan fingerprint density at radius 2 is 2.04 bits per heavy atom. The predicted octanol–water partition coefficient (Wildman–Crippen LogP) is 2.99. The van der Waals surface area contributed by atoms with Crippen molar-refractivity contribution < 1.29 is 0 Å². The number of nitrogens with zero attached hydrogens (tertiary/aromatic N) is 5. The molecular weight excluding hydrogens is 451 g/mol. The van der Waals surface area contributed by atoms with Crippen LogP contribution in [0.5, 0.6) is 0 Å². The van der Waals surface area contributed by atoms with Crippen molar-refractivity contribution in [2.24, 2.45) is 18.0 Å². The lowest BCUT2D eigenvalue weighted by Gasteiger charge is -2.30. The number of aromatic nitrogens is 2. The van der Waals surface area contributed by atoms with E-state index in [2.05, 4.69) is 59.1 Å². The van der Waals surface area contributed by atoms with Crippen LogP contribution < -0.4 is 5.32 Å². The van der Waals surface area contributed by atoms with Crippen molar-refractivity contribution in [1.82, 2.24) is 24.9 Å². The molecule has 0 spiro atoms. The first-order valence-electron chi connectivity index (χ1n) is 10.1. The minimum Gasteiger partial charge on any atom is -0.356 e. The van der Waals surface area contributed by atoms with E-state index < -0.39 is 0 Å². The number of hydrogen-bond donors (Lipinski definition) is 1. The topological polar surface area (TPSA) is 48.7 Å². The molecule has 0 saturated carbocycles. The minimum absolute atomic E-state index is 0. The van der Waals surface area contributed by atoms with E-state index in [9.17, 15) is 0 Å². The van der Waals surface area contributed by atoms with Crippen LogP contribution in [0.1, 0.15) is 46.1 Å². The second-order valence-corrected chi connectivity index (χ2v) is 8.08. The zero-order valence-electron chi connectivity index (χ0n) is 18.0. The van der Waals surface area contributed by atoms with E-state index in [1.807, 2.05) is 25.0 Å². The monoisotopic (exact) mass is 490 g/mol. The van der Waals surface area contributed by atoms with Gasteiger partial charge in [-0.3, -0.25) is 14.6 Å². The van der Waals surface area contributed by atoms with Gasteiger partial charge in [0.25, 0.3) is 0 Å². The predicted molar refractivity (Wildman–Crippen MR) is 125 cm³/mol. The summed E-state index contributed by atoms with van der Waals surface area (Å²) in [7, 11) is 3.88. The maximum Gasteiger partial charge on any atom is 0.193 e. The van der Waals surface area contributed by atoms with Crippen molar-refractivity contribution in [3.8, 4) is 0 Å². The number of nitrogens with one attached hydrogen (secondary N) is 1. The molecule has 1 aliphatic heterocycles. The van der Waals surface area contributed by atoms with Gasteiger partial charge in [0.05, 0.1) is 6.20 Å². The largest absolute Gasteiger partial charge is 0.356 e. The molecule has 2 rings (SSSR count). The van der Waals surface area contributed by atoms with Crippen molar-refractivity contribution >= 4 is 29.9 Å². The van der Waals surface area contributed by atoms with Crippen LogP contribution in [0, 0.1) is 5.92 Å². The highest BCUT2D eigenvalue weighted by Gasteiger charge is 2.25. The Morgan fingerprint density at radius 3 is 2.59 bits per heavy atom. The van der Waals surface area contributed by atoms with Crippen LogP contribution in [0.3, 0.4) is 0 Å². The lowest BCUT2D eigenvalue weighted by atomic mass is 10.0. The van der Waals surface area contributed by atoms with Crippen molar-refractivity contribution in [3.63, 3.8) is 0 Å². The van der Waals surface area contributed by atoms with Gasteiger partial charge in [-0.1, -0.05) is 0 Å². The minimum atomic E-state index is 0. The van der Waals surface area contributed by atoms with Crippen LogP contribution in [-0.2, 0) is 13.5 Å². The van der Waals surface area contributed by atoms with Gasteiger partial charge >= 0.3 is 0 Å². The molecule has 0 aliphatic carbocycles. The van der Waals surface area contributed by atoms with Crippen LogP contribution in [-0.4, -0.2) is 70.9 Å². The Kier molecular flexibility index (Phi) is 10.7. The Labute approximate surface area is 182 Å². The highest BCUT2D eigenvalue weighted by molar-refractivity contribution is 14.0. The number of guanidine groups is 1. The zero-order chi connectivity index (χ0) is 19.1. The van der Waals surface area contributed by atoms with Gasteiger partial charge in [-0.15, -0.1) is 24.0 Å². The maximum atomic E-state index is 4.50. The Hall–Kier alpha value is -0.830. The molecule has 1 N–H and O–H groups in total. The summed E-state index contributed by atoms with van der Waals surface area (Å²) in [5, 5.41) is 7.85. The molecular formula is C20H39IN6. The SMILES string of the molecule is CN=C(NCCCN(C(C)C)C(C)C)N1CCC(Cc2cnn(C)c2)C1.I. The van der Waals surface area contributed by atoms with Crippen LogP contribution in [0.4, 0.5) is 0 Å². The Morgan fingerprint density at radius 1 is 1.33 bits per heavy atom. The number of halogens is 1. The fourth-order valence-electron chi connectivity index (χ4n) is 4.01. The van der Waals surface area contributed by atoms with E-state index in [1.54, 1.807) is 0 Å². The molecule has 1 unspecified atom stereocenters. The first-order chi connectivity index (χ1) is 12.4. The third-order valence-corrected chi connectivity index (χ3v) is 5.28. The lowest BCUT2D eigenvalue weighted by molar-refractivity contribution is 0.173. The van der Waals surface area contributed by atoms with Gasteiger partial charge in [0.1, 0.15) is 0 Å². The van der Waals surface area contributed by atoms with E-state index >= 15 is 0 Å². The van der Waals surface area contributed by atoms with Crippen LogP contribution >= 0.6 is 24.0 Å². The third kappa shape index (κ3) is 7.60. The second-order valence-electron chi connectivity index (χ2n) is 8.08. The average molecular weight is 490 g/mol. The highest BCUT2D eigenvalue weighted by Crippen LogP contribution is 2.20. The van der Waals surface area contributed by atoms with Crippen molar-refractivity contribution in [2.45, 2.75) is 59.0 Å². The average Bonchev–Trinajstić information content (AvgIpc) is 3.19. The summed E-state index contributed by atoms with van der Waals surface area (Å²) in [6.07, 6.45) is 7.60. The molecule has 1 atom stereocenters. The maximum absolute atomic E-state index is 4.50. The molecule has 156 valence electrons. The molecule has 1 fully saturated rings. The van der Waals surface area contributed by atoms with E-state index in [-0.39, 0.29) is 24.0 Å². The van der Waals surface area contributed by atoms with Crippen molar-refractivity contribution in [1.29, 1.82) is 0 Å². The smallest absolute Gasteiger partial charge is 0.193 e. The molecule has 2 heterocycles. The number of aliphatic imine (C=N–C) groups is 1. The molecule has 0 amide bonds. The second kappa shape index (κ2) is 11.9. The standard InChI is InChI=1S/C20H38N6.HI/c1-16(2)26(17(3)4)10-7-9-22-20(21-5)25-11-8-18(15-25)12-19-13-23-24(6)14-19;/h13-14,16-18H,7-12,15H2,1-6H3,(H,21,22);1H. The van der Waals surface area contributed by atoms with Crippen LogP contribution in [0.2, 0.25) is 0 Å². The fraction of sp³-hybridized carbons (Fsp3) is 0.800. The van der Waals surface area contributed by atoms with Gasteiger partial charge in [-0.2, -0.15) is 5.10 Å². The van der Waals surface area contributed by atoms with Gasteiger partial charge in [0, 0.05) is 58.6 Å². The van der Waals surface area contributed by atoms with E-state index in [4.69, 9.17) is 0 Å². The molecule has 1 aliphatic rings. The number of rotatable bonds is 8. The molecule has 0 aromatic carbocycles. The number of aryl methyl sites for hydroxylation is 1. The summed E-state index contributed by atoms with van der Waals surface area (Å²) in [6.45, 7) is 13.4. The molecule has 1 saturated heterocycles. The number of hydrogen-bond acceptors (Lipinski definition) is 3. The Bertz CT molecular complexity index is 561. The van der Waals surface area contributed by atoms with Crippen molar-refractivity contribution in [2.75, 3.05) is 33.2 Å². The zero-order valence-corrected chi connectivity index (χ0v) is 20.3. The van der Waals surface area contributed by atoms with Crippen molar-refractivity contribution in [3.05, 3.63) is 18.0 Å². The van der Waals surface area contributed by atoms with Crippen LogP contribution in [0.25, 0.3) is 0 Å². The molecule has 7 heteroatoms.